The molecule has 0 aromatic carbocycles. The first-order valence-corrected chi connectivity index (χ1v) is 14.3. The summed E-state index contributed by atoms with van der Waals surface area (Å²) >= 11 is 10.6. The lowest BCUT2D eigenvalue weighted by Gasteiger charge is -2.43. The Morgan fingerprint density at radius 1 is 1.38 bits per heavy atom. The van der Waals surface area contributed by atoms with Crippen molar-refractivity contribution in [3.05, 3.63) is 46.0 Å². The van der Waals surface area contributed by atoms with E-state index in [9.17, 15) is 15.0 Å². The number of thioether (sulfide) groups is 1. The second-order valence-electron chi connectivity index (χ2n) is 9.89. The van der Waals surface area contributed by atoms with Crippen LogP contribution in [0.2, 0.25) is 5.15 Å². The molecule has 12 nitrogen and oxygen atoms in total. The zero-order valence-electron chi connectivity index (χ0n) is 22.1. The molecule has 3 aromatic heterocycles. The van der Waals surface area contributed by atoms with Gasteiger partial charge >= 0.3 is 0 Å². The van der Waals surface area contributed by atoms with Crippen LogP contribution in [0.3, 0.4) is 0 Å². The lowest BCUT2D eigenvalue weighted by atomic mass is 9.97. The van der Waals surface area contributed by atoms with Crippen LogP contribution in [0.4, 0.5) is 0 Å². The number of aliphatic hydroxyl groups is 2. The van der Waals surface area contributed by atoms with Crippen molar-refractivity contribution < 1.29 is 24.5 Å². The maximum Gasteiger partial charge on any atom is 0.274 e. The molecule has 2 N–H and O–H groups in total. The summed E-state index contributed by atoms with van der Waals surface area (Å²) in [6, 6.07) is 2.62. The summed E-state index contributed by atoms with van der Waals surface area (Å²) in [6.07, 6.45) is 1.93. The fraction of sp³-hybridized carbons (Fsp3) is 0.542. The molecule has 1 aliphatic heterocycles. The summed E-state index contributed by atoms with van der Waals surface area (Å²) in [4.78, 5) is 20.3. The van der Waals surface area contributed by atoms with Gasteiger partial charge in [-0.1, -0.05) is 28.6 Å². The van der Waals surface area contributed by atoms with Crippen molar-refractivity contribution in [2.45, 2.75) is 67.9 Å². The van der Waals surface area contributed by atoms with E-state index < -0.39 is 41.9 Å². The smallest absolute Gasteiger partial charge is 0.274 e. The van der Waals surface area contributed by atoms with Gasteiger partial charge in [0.1, 0.15) is 35.5 Å². The van der Waals surface area contributed by atoms with E-state index in [2.05, 4.69) is 36.3 Å². The first kappa shape index (κ1) is 29.9. The van der Waals surface area contributed by atoms with E-state index in [-0.39, 0.29) is 11.6 Å². The van der Waals surface area contributed by atoms with Gasteiger partial charge in [-0.25, -0.2) is 14.3 Å². The van der Waals surface area contributed by atoms with E-state index in [1.807, 2.05) is 27.7 Å². The highest BCUT2D eigenvalue weighted by Crippen LogP contribution is 2.41. The Morgan fingerprint density at radius 2 is 2.13 bits per heavy atom. The van der Waals surface area contributed by atoms with Crippen LogP contribution in [0.25, 0.3) is 5.82 Å². The minimum absolute atomic E-state index is 0.223. The minimum atomic E-state index is -1.18. The van der Waals surface area contributed by atoms with Crippen LogP contribution >= 0.6 is 39.3 Å². The second kappa shape index (κ2) is 12.2. The molecule has 15 heteroatoms. The van der Waals surface area contributed by atoms with Crippen molar-refractivity contribution in [1.82, 2.24) is 34.7 Å². The number of amides is 1. The van der Waals surface area contributed by atoms with Crippen LogP contribution in [-0.2, 0) is 9.47 Å². The van der Waals surface area contributed by atoms with Gasteiger partial charge in [0.15, 0.2) is 11.0 Å². The first-order chi connectivity index (χ1) is 18.5. The molecule has 2 unspecified atom stereocenters. The van der Waals surface area contributed by atoms with Crippen molar-refractivity contribution in [2.75, 3.05) is 20.3 Å². The predicted octanol–water partition coefficient (Wildman–Crippen LogP) is 2.96. The van der Waals surface area contributed by atoms with Crippen molar-refractivity contribution in [2.24, 2.45) is 0 Å². The van der Waals surface area contributed by atoms with Gasteiger partial charge in [0.2, 0.25) is 0 Å². The summed E-state index contributed by atoms with van der Waals surface area (Å²) in [5.74, 6) is 0.157. The van der Waals surface area contributed by atoms with Crippen molar-refractivity contribution in [3.8, 4) is 5.82 Å². The quantitative estimate of drug-likeness (QED) is 0.376. The Hall–Kier alpha value is -2.07. The molecule has 212 valence electrons. The number of halogens is 2. The van der Waals surface area contributed by atoms with Crippen LogP contribution in [0.15, 0.2) is 40.1 Å². The molecule has 5 atom stereocenters. The van der Waals surface area contributed by atoms with Crippen LogP contribution in [0.5, 0.6) is 0 Å². The van der Waals surface area contributed by atoms with E-state index in [0.29, 0.717) is 26.9 Å². The molecule has 1 aliphatic rings. The predicted molar refractivity (Wildman–Crippen MR) is 148 cm³/mol. The minimum Gasteiger partial charge on any atom is -0.394 e. The number of nitrogens with zero attached hydrogens (tertiary/aromatic N) is 7. The molecule has 3 aromatic rings. The van der Waals surface area contributed by atoms with Crippen LogP contribution in [0.1, 0.15) is 44.2 Å². The second-order valence-corrected chi connectivity index (χ2v) is 12.3. The maximum atomic E-state index is 13.6. The number of aliphatic hydroxyl groups excluding tert-OH is 2. The van der Waals surface area contributed by atoms with Gasteiger partial charge in [-0.2, -0.15) is 5.10 Å². The molecule has 1 amide bonds. The van der Waals surface area contributed by atoms with Crippen molar-refractivity contribution in [3.63, 3.8) is 0 Å². The molecule has 0 aliphatic carbocycles. The van der Waals surface area contributed by atoms with Gasteiger partial charge < -0.3 is 24.6 Å². The van der Waals surface area contributed by atoms with Gasteiger partial charge in [0.05, 0.1) is 12.8 Å². The highest BCUT2D eigenvalue weighted by molar-refractivity contribution is 9.10. The fourth-order valence-corrected chi connectivity index (χ4v) is 6.42. The van der Waals surface area contributed by atoms with Crippen LogP contribution in [0, 0.1) is 0 Å². The number of pyridine rings is 1. The number of hydrogen-bond acceptors (Lipinski definition) is 10. The normalized spacial score (nSPS) is 23.7. The Balaban J connectivity index is 1.69. The fourth-order valence-electron chi connectivity index (χ4n) is 4.50. The Morgan fingerprint density at radius 3 is 2.72 bits per heavy atom. The lowest BCUT2D eigenvalue weighted by Crippen LogP contribution is -2.55. The summed E-state index contributed by atoms with van der Waals surface area (Å²) in [5.41, 5.74) is -0.903. The lowest BCUT2D eigenvalue weighted by molar-refractivity contribution is -0.186. The third kappa shape index (κ3) is 6.32. The summed E-state index contributed by atoms with van der Waals surface area (Å²) in [7, 11) is 1.50. The number of hydrogen-bond donors (Lipinski definition) is 2. The molecule has 39 heavy (non-hydrogen) atoms. The van der Waals surface area contributed by atoms with E-state index in [1.165, 1.54) is 28.2 Å². The number of aromatic nitrogens is 6. The number of methoxy groups -OCH3 is 1. The Labute approximate surface area is 243 Å². The topological polar surface area (TPSA) is 141 Å². The molecule has 0 saturated carbocycles. The van der Waals surface area contributed by atoms with Gasteiger partial charge in [0.25, 0.3) is 5.91 Å². The van der Waals surface area contributed by atoms with E-state index in [1.54, 1.807) is 35.6 Å². The Kier molecular flexibility index (Phi) is 9.36. The average molecular weight is 645 g/mol. The van der Waals surface area contributed by atoms with E-state index in [0.717, 1.165) is 0 Å². The van der Waals surface area contributed by atoms with Gasteiger partial charge in [-0.3, -0.25) is 4.79 Å². The van der Waals surface area contributed by atoms with Crippen LogP contribution in [-0.4, -0.2) is 100 Å². The first-order valence-electron chi connectivity index (χ1n) is 12.2. The number of rotatable bonds is 8. The summed E-state index contributed by atoms with van der Waals surface area (Å²) in [5, 5.41) is 34.0. The van der Waals surface area contributed by atoms with Crippen molar-refractivity contribution >= 4 is 45.2 Å². The molecular weight excluding hydrogens is 614 g/mol. The zero-order valence-corrected chi connectivity index (χ0v) is 25.3. The summed E-state index contributed by atoms with van der Waals surface area (Å²) in [6.45, 7) is 7.87. The maximum absolute atomic E-state index is 13.6. The van der Waals surface area contributed by atoms with E-state index in [4.69, 9.17) is 21.1 Å². The number of carbonyl (C=O) groups excluding carboxylic acids is 1. The third-order valence-electron chi connectivity index (χ3n) is 6.33. The molecule has 1 fully saturated rings. The van der Waals surface area contributed by atoms with E-state index >= 15 is 0 Å². The Bertz CT molecular complexity index is 1300. The molecule has 0 radical (unpaired) electrons. The van der Waals surface area contributed by atoms with Gasteiger partial charge in [-0.05, 0) is 55.8 Å². The zero-order chi connectivity index (χ0) is 28.5. The summed E-state index contributed by atoms with van der Waals surface area (Å²) < 4.78 is 15.5. The third-order valence-corrected chi connectivity index (χ3v) is 8.14. The molecule has 1 saturated heterocycles. The van der Waals surface area contributed by atoms with Gasteiger partial charge in [-0.15, -0.1) is 5.10 Å². The monoisotopic (exact) mass is 643 g/mol. The van der Waals surface area contributed by atoms with Gasteiger partial charge in [0, 0.05) is 41.0 Å². The SMILES string of the molecule is CCN(C(=O)c1ncc(Br)cc1S[C@H]1OC(CO)[C@H](O)[C@H](n2cc(-n3ccc(Cl)n3)nn2)C1OC)C(C)(C)C. The number of carbonyl (C=O) groups is 1. The molecular formula is C24H31BrClN7O5S. The highest BCUT2D eigenvalue weighted by Gasteiger charge is 2.48. The molecule has 4 rings (SSSR count). The van der Waals surface area contributed by atoms with Crippen molar-refractivity contribution in [1.29, 1.82) is 0 Å². The molecule has 0 spiro atoms. The largest absolute Gasteiger partial charge is 0.394 e. The standard InChI is InChI=1S/C24H31BrClN7O5S/c1-6-31(24(2,3)4)22(36)18-15(9-13(25)10-27-18)39-23-21(37-5)19(20(35)14(12-34)38-23)33-11-17(28-30-33)32-8-7-16(26)29-32/h7-11,14,19-21,23,34-35H,6,12H2,1-5H3/t14?,19-,20-,21?,23+/m0/s1. The highest BCUT2D eigenvalue weighted by atomic mass is 79.9. The molecule has 0 bridgehead atoms. The van der Waals surface area contributed by atoms with Crippen LogP contribution < -0.4 is 0 Å². The molecule has 4 heterocycles. The number of ether oxygens (including phenoxy) is 2. The average Bonchev–Trinajstić information content (AvgIpc) is 3.53.